The zero-order chi connectivity index (χ0) is 26.6. The van der Waals surface area contributed by atoms with Crippen LogP contribution < -0.4 is 11.1 Å². The molecule has 1 unspecified atom stereocenters. The van der Waals surface area contributed by atoms with Crippen LogP contribution in [0.25, 0.3) is 22.3 Å². The van der Waals surface area contributed by atoms with E-state index in [4.69, 9.17) is 9.72 Å². The summed E-state index contributed by atoms with van der Waals surface area (Å²) in [6.45, 7) is 1.92. The zero-order valence-corrected chi connectivity index (χ0v) is 22.1. The number of aromatic nitrogens is 3. The van der Waals surface area contributed by atoms with E-state index in [1.165, 1.54) is 0 Å². The Hall–Kier alpha value is -3.69. The molecule has 8 nitrogen and oxygen atoms in total. The Labute approximate surface area is 221 Å². The van der Waals surface area contributed by atoms with Crippen LogP contribution in [0.4, 0.5) is 0 Å². The van der Waals surface area contributed by atoms with Gasteiger partial charge < -0.3 is 14.4 Å². The second-order valence-electron chi connectivity index (χ2n) is 9.91. The molecule has 38 heavy (non-hydrogen) atoms. The summed E-state index contributed by atoms with van der Waals surface area (Å²) in [6, 6.07) is 14.9. The van der Waals surface area contributed by atoms with E-state index in [1.54, 1.807) is 34.3 Å². The molecule has 0 aliphatic carbocycles. The third-order valence-electron chi connectivity index (χ3n) is 7.67. The van der Waals surface area contributed by atoms with E-state index in [1.807, 2.05) is 30.5 Å². The van der Waals surface area contributed by atoms with Crippen LogP contribution in [0.1, 0.15) is 35.6 Å². The quantitative estimate of drug-likeness (QED) is 0.268. The maximum atomic E-state index is 13.6. The van der Waals surface area contributed by atoms with Crippen molar-refractivity contribution in [2.75, 3.05) is 12.0 Å². The van der Waals surface area contributed by atoms with Gasteiger partial charge in [-0.2, -0.15) is 0 Å². The second kappa shape index (κ2) is 9.25. The summed E-state index contributed by atoms with van der Waals surface area (Å²) in [6.07, 6.45) is 4.87. The summed E-state index contributed by atoms with van der Waals surface area (Å²) >= 11 is 0. The van der Waals surface area contributed by atoms with Crippen LogP contribution in [0.5, 0.6) is 0 Å². The average molecular weight is 531 g/mol. The van der Waals surface area contributed by atoms with Gasteiger partial charge in [0.25, 0.3) is 11.1 Å². The molecule has 1 aromatic carbocycles. The maximum Gasteiger partial charge on any atom is 0.343 e. The molecular weight excluding hydrogens is 502 g/mol. The van der Waals surface area contributed by atoms with Gasteiger partial charge in [-0.1, -0.05) is 31.2 Å². The summed E-state index contributed by atoms with van der Waals surface area (Å²) in [7, 11) is -0.0565. The van der Waals surface area contributed by atoms with E-state index in [0.717, 1.165) is 34.2 Å². The highest BCUT2D eigenvalue weighted by Crippen LogP contribution is 2.40. The Morgan fingerprint density at radius 3 is 2.68 bits per heavy atom. The first kappa shape index (κ1) is 24.6. The van der Waals surface area contributed by atoms with Crippen molar-refractivity contribution in [1.82, 2.24) is 14.1 Å². The molecule has 5 heterocycles. The fraction of sp³-hybridized carbons (Fsp3) is 0.310. The molecule has 0 saturated carbocycles. The minimum atomic E-state index is -1.85. The molecule has 0 bridgehead atoms. The number of nitrogens with zero attached hydrogens (tertiary/aromatic N) is 3. The van der Waals surface area contributed by atoms with Crippen LogP contribution in [-0.2, 0) is 51.5 Å². The number of hydrogen-bond donors (Lipinski definition) is 1. The van der Waals surface area contributed by atoms with Crippen molar-refractivity contribution < 1.29 is 14.6 Å². The summed E-state index contributed by atoms with van der Waals surface area (Å²) in [5.74, 6) is 0.803. The predicted octanol–water partition coefficient (Wildman–Crippen LogP) is 2.69. The Morgan fingerprint density at radius 1 is 1.11 bits per heavy atom. The van der Waals surface area contributed by atoms with Crippen molar-refractivity contribution >= 4 is 27.8 Å². The van der Waals surface area contributed by atoms with E-state index in [9.17, 15) is 19.5 Å². The van der Waals surface area contributed by atoms with Crippen molar-refractivity contribution in [2.24, 2.45) is 0 Å². The molecule has 0 radical (unpaired) electrons. The summed E-state index contributed by atoms with van der Waals surface area (Å²) in [5.41, 5.74) is 2.82. The summed E-state index contributed by atoms with van der Waals surface area (Å²) < 4.78 is 8.63. The number of benzene rings is 1. The molecule has 2 atom stereocenters. The summed E-state index contributed by atoms with van der Waals surface area (Å²) in [4.78, 5) is 43.2. The topological polar surface area (TPSA) is 103 Å². The number of cyclic esters (lactones) is 1. The lowest BCUT2D eigenvalue weighted by molar-refractivity contribution is -0.172. The SMILES string of the molecule is CC[C@@]1(O)C(=O)OCc2c1cc1n(c2=O)Cc2c-1nc1ccccc1c2CC[S+](C)Cn1ccccc1=O. The Kier molecular flexibility index (Phi) is 6.00. The van der Waals surface area contributed by atoms with Crippen LogP contribution >= 0.6 is 0 Å². The lowest BCUT2D eigenvalue weighted by Crippen LogP contribution is -2.44. The number of aryl methyl sites for hydroxylation is 1. The molecule has 0 amide bonds. The van der Waals surface area contributed by atoms with E-state index < -0.39 is 11.6 Å². The summed E-state index contributed by atoms with van der Waals surface area (Å²) in [5, 5.41) is 12.2. The Bertz CT molecular complexity index is 1730. The number of pyridine rings is 3. The first-order chi connectivity index (χ1) is 18.3. The Balaban J connectivity index is 1.43. The van der Waals surface area contributed by atoms with Gasteiger partial charge in [0.15, 0.2) is 11.5 Å². The zero-order valence-electron chi connectivity index (χ0n) is 21.3. The van der Waals surface area contributed by atoms with Gasteiger partial charge in [-0.05, 0) is 30.2 Å². The van der Waals surface area contributed by atoms with E-state index in [0.29, 0.717) is 34.9 Å². The van der Waals surface area contributed by atoms with E-state index in [2.05, 4.69) is 12.3 Å². The molecule has 2 aliphatic heterocycles. The van der Waals surface area contributed by atoms with Crippen molar-refractivity contribution in [3.8, 4) is 11.4 Å². The van der Waals surface area contributed by atoms with E-state index >= 15 is 0 Å². The van der Waals surface area contributed by atoms with Gasteiger partial charge in [0.2, 0.25) is 0 Å². The number of esters is 1. The van der Waals surface area contributed by atoms with Crippen LogP contribution in [0.2, 0.25) is 0 Å². The maximum absolute atomic E-state index is 13.6. The van der Waals surface area contributed by atoms with Gasteiger partial charge in [-0.15, -0.1) is 0 Å². The largest absolute Gasteiger partial charge is 0.458 e. The molecule has 9 heteroatoms. The van der Waals surface area contributed by atoms with Gasteiger partial charge in [-0.25, -0.2) is 9.78 Å². The molecule has 0 fully saturated rings. The number of aliphatic hydroxyl groups is 1. The standard InChI is InChI=1S/C29H28N3O5S/c1-3-29(36)22-14-24-26-20(15-32(24)27(34)21(22)16-37-28(29)35)18(19-8-4-5-9-23(19)30-26)11-13-38(2)17-31-12-7-6-10-25(31)33/h4-10,12,14,36H,3,11,13,15-17H2,1-2H3/q+1/t29-,38?/m0/s1. The predicted molar refractivity (Wildman–Crippen MR) is 147 cm³/mol. The Morgan fingerprint density at radius 2 is 1.89 bits per heavy atom. The van der Waals surface area contributed by atoms with Crippen molar-refractivity contribution in [1.29, 1.82) is 0 Å². The molecule has 0 saturated heterocycles. The molecule has 6 rings (SSSR count). The molecule has 194 valence electrons. The normalized spacial score (nSPS) is 18.6. The van der Waals surface area contributed by atoms with Gasteiger partial charge >= 0.3 is 5.97 Å². The number of carbonyl (C=O) groups is 1. The highest BCUT2D eigenvalue weighted by molar-refractivity contribution is 7.95. The molecule has 3 aromatic heterocycles. The van der Waals surface area contributed by atoms with Crippen molar-refractivity contribution in [3.63, 3.8) is 0 Å². The van der Waals surface area contributed by atoms with Crippen LogP contribution in [0, 0.1) is 0 Å². The van der Waals surface area contributed by atoms with Gasteiger partial charge in [-0.3, -0.25) is 14.2 Å². The fourth-order valence-corrected chi connectivity index (χ4v) is 6.91. The molecule has 4 aromatic rings. The smallest absolute Gasteiger partial charge is 0.343 e. The van der Waals surface area contributed by atoms with Crippen LogP contribution in [0.3, 0.4) is 0 Å². The number of fused-ring (bicyclic) bond motifs is 5. The lowest BCUT2D eigenvalue weighted by Gasteiger charge is -2.31. The number of para-hydroxylation sites is 1. The fourth-order valence-electron chi connectivity index (χ4n) is 5.54. The molecule has 0 spiro atoms. The van der Waals surface area contributed by atoms with Gasteiger partial charge in [0.1, 0.15) is 12.4 Å². The average Bonchev–Trinajstić information content (AvgIpc) is 3.29. The number of hydrogen-bond acceptors (Lipinski definition) is 6. The van der Waals surface area contributed by atoms with Gasteiger partial charge in [0, 0.05) is 46.1 Å². The van der Waals surface area contributed by atoms with Crippen LogP contribution in [-0.4, -0.2) is 37.2 Å². The first-order valence-electron chi connectivity index (χ1n) is 12.6. The van der Waals surface area contributed by atoms with Crippen LogP contribution in [0.15, 0.2) is 64.3 Å². The van der Waals surface area contributed by atoms with E-state index in [-0.39, 0.29) is 35.0 Å². The first-order valence-corrected chi connectivity index (χ1v) is 14.6. The molecule has 2 aliphatic rings. The van der Waals surface area contributed by atoms with Gasteiger partial charge in [0.05, 0.1) is 35.3 Å². The third kappa shape index (κ3) is 3.80. The molecule has 1 N–H and O–H groups in total. The van der Waals surface area contributed by atoms with Crippen molar-refractivity contribution in [3.05, 3.63) is 97.7 Å². The second-order valence-corrected chi connectivity index (χ2v) is 12.1. The highest BCUT2D eigenvalue weighted by Gasteiger charge is 2.45. The lowest BCUT2D eigenvalue weighted by atomic mass is 9.86. The minimum Gasteiger partial charge on any atom is -0.458 e. The monoisotopic (exact) mass is 530 g/mol. The minimum absolute atomic E-state index is 0.00426. The molecular formula is C29H28N3O5S+. The number of rotatable bonds is 6. The number of carbonyl (C=O) groups excluding carboxylic acids is 1. The highest BCUT2D eigenvalue weighted by atomic mass is 32.2. The van der Waals surface area contributed by atoms with Crippen molar-refractivity contribution in [2.45, 2.75) is 44.4 Å². The third-order valence-corrected chi connectivity index (χ3v) is 9.29. The number of ether oxygens (including phenoxy) is 1.